The zero-order chi connectivity index (χ0) is 14.2. The summed E-state index contributed by atoms with van der Waals surface area (Å²) in [5.74, 6) is -0.0832. The molecule has 1 aromatic carbocycles. The van der Waals surface area contributed by atoms with E-state index in [-0.39, 0.29) is 18.3 Å². The van der Waals surface area contributed by atoms with Crippen LogP contribution in [0.15, 0.2) is 24.4 Å². The highest BCUT2D eigenvalue weighted by Crippen LogP contribution is 2.25. The molecule has 4 nitrogen and oxygen atoms in total. The fourth-order valence-electron chi connectivity index (χ4n) is 2.11. The van der Waals surface area contributed by atoms with Crippen LogP contribution in [-0.4, -0.2) is 21.2 Å². The molecule has 0 atom stereocenters. The number of benzene rings is 1. The van der Waals surface area contributed by atoms with Gasteiger partial charge in [-0.1, -0.05) is 0 Å². The number of hydrogen-bond acceptors (Lipinski definition) is 3. The molecule has 0 aliphatic rings. The van der Waals surface area contributed by atoms with E-state index in [1.54, 1.807) is 16.7 Å². The average molecular weight is 261 g/mol. The summed E-state index contributed by atoms with van der Waals surface area (Å²) < 4.78 is 7.09. The van der Waals surface area contributed by atoms with Crippen LogP contribution < -0.4 is 0 Å². The first-order chi connectivity index (χ1) is 8.76. The van der Waals surface area contributed by atoms with Gasteiger partial charge in [-0.15, -0.1) is 0 Å². The minimum Gasteiger partial charge on any atom is -0.508 e. The second kappa shape index (κ2) is 4.61. The van der Waals surface area contributed by atoms with Gasteiger partial charge in [0.2, 0.25) is 0 Å². The van der Waals surface area contributed by atoms with Gasteiger partial charge in [-0.2, -0.15) is 0 Å². The number of aryl methyl sites for hydroxylation is 1. The maximum Gasteiger partial charge on any atom is 0.326 e. The molecule has 2 rings (SSSR count). The van der Waals surface area contributed by atoms with Crippen molar-refractivity contribution in [3.63, 3.8) is 0 Å². The molecule has 0 unspecified atom stereocenters. The van der Waals surface area contributed by atoms with E-state index >= 15 is 0 Å². The van der Waals surface area contributed by atoms with Crippen molar-refractivity contribution in [1.82, 2.24) is 4.57 Å². The summed E-state index contributed by atoms with van der Waals surface area (Å²) in [5, 5.41) is 10.7. The Labute approximate surface area is 112 Å². The molecule has 0 radical (unpaired) electrons. The summed E-state index contributed by atoms with van der Waals surface area (Å²) in [4.78, 5) is 11.8. The van der Waals surface area contributed by atoms with Gasteiger partial charge in [0, 0.05) is 17.6 Å². The monoisotopic (exact) mass is 261 g/mol. The van der Waals surface area contributed by atoms with Crippen LogP contribution >= 0.6 is 0 Å². The van der Waals surface area contributed by atoms with Crippen LogP contribution in [0.3, 0.4) is 0 Å². The number of hydrogen-bond donors (Lipinski definition) is 1. The summed E-state index contributed by atoms with van der Waals surface area (Å²) in [6.07, 6.45) is 1.83. The lowest BCUT2D eigenvalue weighted by atomic mass is 10.1. The number of aromatic hydroxyl groups is 1. The highest BCUT2D eigenvalue weighted by molar-refractivity contribution is 5.86. The van der Waals surface area contributed by atoms with Crippen molar-refractivity contribution < 1.29 is 14.6 Å². The molecule has 102 valence electrons. The van der Waals surface area contributed by atoms with Gasteiger partial charge >= 0.3 is 5.97 Å². The standard InChI is InChI=1S/C15H19NO3/c1-10-7-11(17)8-13-12(10)5-6-16(13)9-14(18)19-15(2,3)4/h5-8,17H,9H2,1-4H3. The second-order valence-corrected chi connectivity index (χ2v) is 5.73. The predicted octanol–water partition coefficient (Wildman–Crippen LogP) is 3.00. The molecular weight excluding hydrogens is 242 g/mol. The Bertz CT molecular complexity index is 620. The third-order valence-corrected chi connectivity index (χ3v) is 2.80. The van der Waals surface area contributed by atoms with Crippen LogP contribution in [0, 0.1) is 6.92 Å². The zero-order valence-electron chi connectivity index (χ0n) is 11.7. The van der Waals surface area contributed by atoms with Gasteiger partial charge in [0.1, 0.15) is 17.9 Å². The SMILES string of the molecule is Cc1cc(O)cc2c1ccn2CC(=O)OC(C)(C)C. The minimum absolute atomic E-state index is 0.143. The normalized spacial score (nSPS) is 11.8. The summed E-state index contributed by atoms with van der Waals surface area (Å²) in [6.45, 7) is 7.60. The summed E-state index contributed by atoms with van der Waals surface area (Å²) in [5.41, 5.74) is 1.33. The van der Waals surface area contributed by atoms with Gasteiger partial charge in [-0.25, -0.2) is 0 Å². The third kappa shape index (κ3) is 3.08. The van der Waals surface area contributed by atoms with E-state index in [2.05, 4.69) is 0 Å². The van der Waals surface area contributed by atoms with Crippen molar-refractivity contribution >= 4 is 16.9 Å². The molecule has 2 aromatic rings. The maximum absolute atomic E-state index is 11.8. The van der Waals surface area contributed by atoms with E-state index in [1.165, 1.54) is 0 Å². The van der Waals surface area contributed by atoms with Crippen LogP contribution in [0.4, 0.5) is 0 Å². The molecule has 1 aromatic heterocycles. The molecule has 1 heterocycles. The van der Waals surface area contributed by atoms with Crippen molar-refractivity contribution in [2.24, 2.45) is 0 Å². The lowest BCUT2D eigenvalue weighted by Crippen LogP contribution is -2.26. The molecule has 1 N–H and O–H groups in total. The van der Waals surface area contributed by atoms with Crippen molar-refractivity contribution in [3.05, 3.63) is 30.0 Å². The van der Waals surface area contributed by atoms with Crippen molar-refractivity contribution in [2.45, 2.75) is 39.8 Å². The molecule has 0 saturated heterocycles. The predicted molar refractivity (Wildman–Crippen MR) is 74.2 cm³/mol. The molecule has 4 heteroatoms. The Morgan fingerprint density at radius 1 is 1.37 bits per heavy atom. The van der Waals surface area contributed by atoms with Gasteiger partial charge in [0.15, 0.2) is 0 Å². The first-order valence-corrected chi connectivity index (χ1v) is 6.26. The lowest BCUT2D eigenvalue weighted by molar-refractivity contribution is -0.155. The summed E-state index contributed by atoms with van der Waals surface area (Å²) in [7, 11) is 0. The number of fused-ring (bicyclic) bond motifs is 1. The Balaban J connectivity index is 2.29. The quantitative estimate of drug-likeness (QED) is 0.845. The molecule has 0 bridgehead atoms. The zero-order valence-corrected chi connectivity index (χ0v) is 11.7. The molecule has 0 aliphatic heterocycles. The van der Waals surface area contributed by atoms with Crippen molar-refractivity contribution in [3.8, 4) is 5.75 Å². The fourth-order valence-corrected chi connectivity index (χ4v) is 2.11. The van der Waals surface area contributed by atoms with Crippen molar-refractivity contribution in [1.29, 1.82) is 0 Å². The lowest BCUT2D eigenvalue weighted by Gasteiger charge is -2.19. The number of nitrogens with zero attached hydrogens (tertiary/aromatic N) is 1. The van der Waals surface area contributed by atoms with Gasteiger partial charge < -0.3 is 14.4 Å². The minimum atomic E-state index is -0.488. The van der Waals surface area contributed by atoms with Gasteiger partial charge in [-0.3, -0.25) is 4.79 Å². The fraction of sp³-hybridized carbons (Fsp3) is 0.400. The number of carbonyl (C=O) groups is 1. The summed E-state index contributed by atoms with van der Waals surface area (Å²) in [6, 6.07) is 5.31. The number of esters is 1. The van der Waals surface area contributed by atoms with E-state index in [0.717, 1.165) is 16.5 Å². The van der Waals surface area contributed by atoms with Crippen LogP contribution in [-0.2, 0) is 16.1 Å². The highest BCUT2D eigenvalue weighted by atomic mass is 16.6. The van der Waals surface area contributed by atoms with Gasteiger partial charge in [-0.05, 0) is 45.4 Å². The maximum atomic E-state index is 11.8. The molecular formula is C15H19NO3. The Kier molecular flexibility index (Phi) is 3.27. The topological polar surface area (TPSA) is 51.5 Å². The van der Waals surface area contributed by atoms with E-state index in [1.807, 2.05) is 40.0 Å². The summed E-state index contributed by atoms with van der Waals surface area (Å²) >= 11 is 0. The Morgan fingerprint density at radius 3 is 2.68 bits per heavy atom. The van der Waals surface area contributed by atoms with Crippen LogP contribution in [0.1, 0.15) is 26.3 Å². The van der Waals surface area contributed by atoms with Crippen molar-refractivity contribution in [2.75, 3.05) is 0 Å². The molecule has 0 aliphatic carbocycles. The molecule has 0 fully saturated rings. The second-order valence-electron chi connectivity index (χ2n) is 5.73. The number of rotatable bonds is 2. The van der Waals surface area contributed by atoms with Crippen LogP contribution in [0.25, 0.3) is 10.9 Å². The number of phenols is 1. The molecule has 0 amide bonds. The molecule has 0 saturated carbocycles. The first kappa shape index (κ1) is 13.5. The van der Waals surface area contributed by atoms with Crippen LogP contribution in [0.2, 0.25) is 0 Å². The van der Waals surface area contributed by atoms with E-state index in [0.29, 0.717) is 0 Å². The number of phenolic OH excluding ortho intramolecular Hbond substituents is 1. The number of carbonyl (C=O) groups excluding carboxylic acids is 1. The largest absolute Gasteiger partial charge is 0.508 e. The Morgan fingerprint density at radius 2 is 2.05 bits per heavy atom. The van der Waals surface area contributed by atoms with E-state index in [9.17, 15) is 9.90 Å². The average Bonchev–Trinajstić information content (AvgIpc) is 2.58. The molecule has 19 heavy (non-hydrogen) atoms. The molecule has 0 spiro atoms. The van der Waals surface area contributed by atoms with Gasteiger partial charge in [0.05, 0.1) is 5.52 Å². The van der Waals surface area contributed by atoms with Crippen LogP contribution in [0.5, 0.6) is 5.75 Å². The first-order valence-electron chi connectivity index (χ1n) is 6.26. The third-order valence-electron chi connectivity index (χ3n) is 2.80. The highest BCUT2D eigenvalue weighted by Gasteiger charge is 2.17. The number of aromatic nitrogens is 1. The Hall–Kier alpha value is -1.97. The number of ether oxygens (including phenoxy) is 1. The van der Waals surface area contributed by atoms with E-state index in [4.69, 9.17) is 4.74 Å². The van der Waals surface area contributed by atoms with E-state index < -0.39 is 5.60 Å². The van der Waals surface area contributed by atoms with Gasteiger partial charge in [0.25, 0.3) is 0 Å². The smallest absolute Gasteiger partial charge is 0.326 e.